The minimum atomic E-state index is -0.553. The third kappa shape index (κ3) is 3.09. The van der Waals surface area contributed by atoms with E-state index < -0.39 is 5.60 Å². The summed E-state index contributed by atoms with van der Waals surface area (Å²) in [6, 6.07) is 1.81. The Labute approximate surface area is 164 Å². The van der Waals surface area contributed by atoms with E-state index in [1.54, 1.807) is 0 Å². The first kappa shape index (κ1) is 18.6. The number of esters is 1. The van der Waals surface area contributed by atoms with Crippen LogP contribution >= 0.6 is 11.6 Å². The number of aryl methyl sites for hydroxylation is 2. The number of rotatable bonds is 2. The molecule has 4 heterocycles. The lowest BCUT2D eigenvalue weighted by Crippen LogP contribution is -2.61. The summed E-state index contributed by atoms with van der Waals surface area (Å²) in [6.07, 6.45) is 2.20. The summed E-state index contributed by atoms with van der Waals surface area (Å²) >= 11 is 6.32. The van der Waals surface area contributed by atoms with Gasteiger partial charge in [0.1, 0.15) is 27.9 Å². The van der Waals surface area contributed by atoms with Crippen LogP contribution in [0.5, 0.6) is 0 Å². The van der Waals surface area contributed by atoms with E-state index in [0.29, 0.717) is 10.8 Å². The van der Waals surface area contributed by atoms with Crippen molar-refractivity contribution in [3.8, 4) is 0 Å². The molecule has 7 heteroatoms. The van der Waals surface area contributed by atoms with Crippen molar-refractivity contribution in [3.63, 3.8) is 0 Å². The van der Waals surface area contributed by atoms with Crippen molar-refractivity contribution in [2.75, 3.05) is 24.6 Å². The van der Waals surface area contributed by atoms with Gasteiger partial charge in [0, 0.05) is 19.0 Å². The molecule has 27 heavy (non-hydrogen) atoms. The molecule has 2 saturated heterocycles. The second kappa shape index (κ2) is 6.11. The molecule has 0 atom stereocenters. The van der Waals surface area contributed by atoms with Crippen LogP contribution in [0, 0.1) is 6.92 Å². The van der Waals surface area contributed by atoms with Gasteiger partial charge >= 0.3 is 5.97 Å². The Kier molecular flexibility index (Phi) is 4.20. The van der Waals surface area contributed by atoms with Crippen LogP contribution in [-0.2, 0) is 16.5 Å². The zero-order valence-corrected chi connectivity index (χ0v) is 17.3. The molecule has 2 fully saturated rings. The average Bonchev–Trinajstić information content (AvgIpc) is 3.08. The summed E-state index contributed by atoms with van der Waals surface area (Å²) in [7, 11) is 1.87. The van der Waals surface area contributed by atoms with E-state index in [0.717, 1.165) is 54.8 Å². The summed E-state index contributed by atoms with van der Waals surface area (Å²) in [6.45, 7) is 10.0. The average molecular weight is 392 g/mol. The number of anilines is 1. The van der Waals surface area contributed by atoms with Crippen molar-refractivity contribution >= 4 is 34.3 Å². The van der Waals surface area contributed by atoms with Gasteiger partial charge in [-0.05, 0) is 52.2 Å². The molecule has 2 aliphatic rings. The molecule has 0 saturated carbocycles. The van der Waals surface area contributed by atoms with E-state index in [4.69, 9.17) is 21.1 Å². The van der Waals surface area contributed by atoms with Gasteiger partial charge in [0.25, 0.3) is 0 Å². The smallest absolute Gasteiger partial charge is 0.355 e. The number of ether oxygens (including phenoxy) is 2. The van der Waals surface area contributed by atoms with Gasteiger partial charge in [-0.15, -0.1) is 0 Å². The maximum absolute atomic E-state index is 12.8. The van der Waals surface area contributed by atoms with Crippen molar-refractivity contribution in [1.29, 1.82) is 0 Å². The number of hydrogen-bond donors (Lipinski definition) is 0. The lowest BCUT2D eigenvalue weighted by molar-refractivity contribution is -0.0182. The van der Waals surface area contributed by atoms with Gasteiger partial charge in [-0.25, -0.2) is 9.78 Å². The maximum atomic E-state index is 12.8. The highest BCUT2D eigenvalue weighted by molar-refractivity contribution is 6.30. The Hall–Kier alpha value is -1.79. The van der Waals surface area contributed by atoms with E-state index in [1.807, 2.05) is 45.4 Å². The third-order valence-electron chi connectivity index (χ3n) is 5.41. The van der Waals surface area contributed by atoms with E-state index in [9.17, 15) is 4.79 Å². The zero-order valence-electron chi connectivity index (χ0n) is 16.6. The zero-order chi connectivity index (χ0) is 19.6. The number of carbonyl (C=O) groups excluding carboxylic acids is 1. The minimum Gasteiger partial charge on any atom is -0.455 e. The van der Waals surface area contributed by atoms with Crippen LogP contribution in [0.3, 0.4) is 0 Å². The largest absolute Gasteiger partial charge is 0.455 e. The van der Waals surface area contributed by atoms with Gasteiger partial charge in [0.2, 0.25) is 0 Å². The topological polar surface area (TPSA) is 56.6 Å². The van der Waals surface area contributed by atoms with Gasteiger partial charge in [-0.2, -0.15) is 0 Å². The normalized spacial score (nSPS) is 19.0. The van der Waals surface area contributed by atoms with Crippen molar-refractivity contribution in [1.82, 2.24) is 9.55 Å². The van der Waals surface area contributed by atoms with Crippen molar-refractivity contribution in [2.45, 2.75) is 51.7 Å². The number of aromatic nitrogens is 2. The summed E-state index contributed by atoms with van der Waals surface area (Å²) in [5, 5.41) is 1.37. The predicted molar refractivity (Wildman–Crippen MR) is 106 cm³/mol. The molecule has 4 rings (SSSR count). The Morgan fingerprint density at radius 1 is 1.37 bits per heavy atom. The molecule has 0 bridgehead atoms. The fourth-order valence-electron chi connectivity index (χ4n) is 4.25. The van der Waals surface area contributed by atoms with Crippen LogP contribution in [0.4, 0.5) is 5.82 Å². The number of pyridine rings is 1. The Morgan fingerprint density at radius 3 is 2.67 bits per heavy atom. The molecule has 1 spiro atoms. The van der Waals surface area contributed by atoms with Crippen LogP contribution in [0.1, 0.15) is 49.7 Å². The number of halogens is 1. The molecule has 2 aliphatic heterocycles. The van der Waals surface area contributed by atoms with Crippen LogP contribution in [0.25, 0.3) is 10.9 Å². The number of nitrogens with zero attached hydrogens (tertiary/aromatic N) is 3. The second-order valence-corrected chi connectivity index (χ2v) is 9.08. The molecular formula is C20H26ClN3O3. The standard InChI is InChI=1S/C20H26ClN3O3/c1-12-15-13(23(5)16(12)18(25)27-19(2,3)4)9-14(21)22-17(15)24-10-20(11-24)7-6-8-26-20/h9H,6-8,10-11H2,1-5H3. The lowest BCUT2D eigenvalue weighted by atomic mass is 9.90. The van der Waals surface area contributed by atoms with Gasteiger partial charge < -0.3 is 18.9 Å². The molecular weight excluding hydrogens is 366 g/mol. The molecule has 146 valence electrons. The third-order valence-corrected chi connectivity index (χ3v) is 5.60. The fraction of sp³-hybridized carbons (Fsp3) is 0.600. The molecule has 0 unspecified atom stereocenters. The van der Waals surface area contributed by atoms with E-state index in [2.05, 4.69) is 9.88 Å². The Balaban J connectivity index is 1.77. The predicted octanol–water partition coefficient (Wildman–Crippen LogP) is 3.86. The quantitative estimate of drug-likeness (QED) is 0.574. The highest BCUT2D eigenvalue weighted by atomic mass is 35.5. The Bertz CT molecular complexity index is 915. The molecule has 0 radical (unpaired) electrons. The van der Waals surface area contributed by atoms with Gasteiger partial charge in [-0.3, -0.25) is 0 Å². The summed E-state index contributed by atoms with van der Waals surface area (Å²) in [5.74, 6) is 0.488. The first-order valence-electron chi connectivity index (χ1n) is 9.38. The van der Waals surface area contributed by atoms with Gasteiger partial charge in [-0.1, -0.05) is 11.6 Å². The van der Waals surface area contributed by atoms with Crippen molar-refractivity contribution in [2.24, 2.45) is 7.05 Å². The molecule has 0 aliphatic carbocycles. The first-order chi connectivity index (χ1) is 12.6. The molecule has 6 nitrogen and oxygen atoms in total. The molecule has 0 amide bonds. The van der Waals surface area contributed by atoms with Crippen molar-refractivity contribution < 1.29 is 14.3 Å². The lowest BCUT2D eigenvalue weighted by Gasteiger charge is -2.48. The van der Waals surface area contributed by atoms with E-state index in [1.165, 1.54) is 0 Å². The van der Waals surface area contributed by atoms with E-state index in [-0.39, 0.29) is 11.6 Å². The highest BCUT2D eigenvalue weighted by Crippen LogP contribution is 2.42. The SMILES string of the molecule is Cc1c(C(=O)OC(C)(C)C)n(C)c2cc(Cl)nc(N3CC4(CCCO4)C3)c12. The van der Waals surface area contributed by atoms with Crippen molar-refractivity contribution in [3.05, 3.63) is 22.5 Å². The van der Waals surface area contributed by atoms with Crippen LogP contribution in [0.2, 0.25) is 5.15 Å². The number of hydrogen-bond acceptors (Lipinski definition) is 5. The molecule has 0 aromatic carbocycles. The Morgan fingerprint density at radius 2 is 2.07 bits per heavy atom. The number of fused-ring (bicyclic) bond motifs is 1. The highest BCUT2D eigenvalue weighted by Gasteiger charge is 2.47. The first-order valence-corrected chi connectivity index (χ1v) is 9.76. The molecule has 2 aromatic rings. The van der Waals surface area contributed by atoms with E-state index >= 15 is 0 Å². The summed E-state index contributed by atoms with van der Waals surface area (Å²) in [5.41, 5.74) is 1.71. The van der Waals surface area contributed by atoms with Gasteiger partial charge in [0.05, 0.1) is 18.6 Å². The minimum absolute atomic E-state index is 0.0347. The summed E-state index contributed by atoms with van der Waals surface area (Å²) < 4.78 is 13.4. The second-order valence-electron chi connectivity index (χ2n) is 8.69. The van der Waals surface area contributed by atoms with Crippen LogP contribution < -0.4 is 4.90 Å². The van der Waals surface area contributed by atoms with Crippen LogP contribution in [-0.4, -0.2) is 46.4 Å². The number of carbonyl (C=O) groups is 1. The fourth-order valence-corrected chi connectivity index (χ4v) is 4.44. The molecule has 0 N–H and O–H groups in total. The van der Waals surface area contributed by atoms with Crippen LogP contribution in [0.15, 0.2) is 6.07 Å². The maximum Gasteiger partial charge on any atom is 0.355 e. The molecule has 2 aromatic heterocycles. The monoisotopic (exact) mass is 391 g/mol. The summed E-state index contributed by atoms with van der Waals surface area (Å²) in [4.78, 5) is 19.6. The van der Waals surface area contributed by atoms with Gasteiger partial charge in [0.15, 0.2) is 0 Å².